The first kappa shape index (κ1) is 19.1. The highest BCUT2D eigenvalue weighted by molar-refractivity contribution is 9.10. The van der Waals surface area contributed by atoms with Crippen LogP contribution in [0.1, 0.15) is 5.56 Å². The third kappa shape index (κ3) is 3.58. The van der Waals surface area contributed by atoms with Crippen molar-refractivity contribution in [2.45, 2.75) is 12.6 Å². The van der Waals surface area contributed by atoms with Gasteiger partial charge in [-0.2, -0.15) is 0 Å². The van der Waals surface area contributed by atoms with Gasteiger partial charge in [-0.15, -0.1) is 0 Å². The maximum Gasteiger partial charge on any atom is 0.374 e. The summed E-state index contributed by atoms with van der Waals surface area (Å²) in [7, 11) is 1.92. The Morgan fingerprint density at radius 2 is 2.10 bits per heavy atom. The van der Waals surface area contributed by atoms with Crippen LogP contribution in [0.3, 0.4) is 0 Å². The fourth-order valence-corrected chi connectivity index (χ4v) is 3.35. The molecule has 1 aliphatic heterocycles. The van der Waals surface area contributed by atoms with Crippen molar-refractivity contribution in [3.05, 3.63) is 70.9 Å². The van der Waals surface area contributed by atoms with Gasteiger partial charge in [-0.25, -0.2) is 9.78 Å². The summed E-state index contributed by atoms with van der Waals surface area (Å²) < 4.78 is 8.76. The molecule has 1 aliphatic rings. The van der Waals surface area contributed by atoms with Gasteiger partial charge in [0.2, 0.25) is 5.95 Å². The SMILES string of the molecule is Cc1cc(Nc2nc3cc(OC4(C(=O)O)C=CC=CN4)ccc3n2C)ccc1Br. The monoisotopic (exact) mass is 454 g/mol. The number of aromatic nitrogens is 2. The molecule has 3 aromatic rings. The molecule has 148 valence electrons. The maximum atomic E-state index is 11.8. The predicted molar refractivity (Wildman–Crippen MR) is 115 cm³/mol. The molecule has 7 nitrogen and oxygen atoms in total. The van der Waals surface area contributed by atoms with Crippen LogP contribution in [0.25, 0.3) is 11.0 Å². The third-order valence-electron chi connectivity index (χ3n) is 4.70. The van der Waals surface area contributed by atoms with Crippen molar-refractivity contribution in [3.63, 3.8) is 0 Å². The number of rotatable bonds is 5. The number of allylic oxidation sites excluding steroid dienone is 2. The van der Waals surface area contributed by atoms with Gasteiger partial charge in [0, 0.05) is 29.5 Å². The first-order valence-electron chi connectivity index (χ1n) is 8.92. The number of anilines is 2. The lowest BCUT2D eigenvalue weighted by Gasteiger charge is -2.28. The number of imidazole rings is 1. The summed E-state index contributed by atoms with van der Waals surface area (Å²) in [6.45, 7) is 2.02. The van der Waals surface area contributed by atoms with Gasteiger partial charge >= 0.3 is 5.97 Å². The van der Waals surface area contributed by atoms with Gasteiger partial charge in [0.05, 0.1) is 11.0 Å². The van der Waals surface area contributed by atoms with Crippen molar-refractivity contribution in [2.75, 3.05) is 5.32 Å². The molecule has 0 saturated carbocycles. The average Bonchev–Trinajstić information content (AvgIpc) is 3.00. The van der Waals surface area contributed by atoms with Gasteiger partial charge < -0.3 is 25.0 Å². The Morgan fingerprint density at radius 3 is 2.79 bits per heavy atom. The number of hydrogen-bond acceptors (Lipinski definition) is 5. The van der Waals surface area contributed by atoms with Crippen LogP contribution in [0, 0.1) is 6.92 Å². The normalized spacial score (nSPS) is 17.9. The van der Waals surface area contributed by atoms with Crippen molar-refractivity contribution in [1.29, 1.82) is 0 Å². The fraction of sp³-hybridized carbons (Fsp3) is 0.143. The molecule has 4 rings (SSSR count). The second-order valence-electron chi connectivity index (χ2n) is 6.74. The third-order valence-corrected chi connectivity index (χ3v) is 5.59. The minimum absolute atomic E-state index is 0.400. The lowest BCUT2D eigenvalue weighted by atomic mass is 10.1. The van der Waals surface area contributed by atoms with E-state index in [1.54, 1.807) is 24.3 Å². The summed E-state index contributed by atoms with van der Waals surface area (Å²) >= 11 is 3.50. The van der Waals surface area contributed by atoms with Crippen LogP contribution in [0.5, 0.6) is 5.75 Å². The van der Waals surface area contributed by atoms with Crippen LogP contribution in [-0.2, 0) is 11.8 Å². The van der Waals surface area contributed by atoms with Gasteiger partial charge in [0.1, 0.15) is 5.75 Å². The van der Waals surface area contributed by atoms with Crippen molar-refractivity contribution >= 4 is 44.6 Å². The highest BCUT2D eigenvalue weighted by Gasteiger charge is 2.38. The maximum absolute atomic E-state index is 11.8. The molecule has 0 saturated heterocycles. The van der Waals surface area contributed by atoms with Crippen LogP contribution in [0.4, 0.5) is 11.6 Å². The number of hydrogen-bond donors (Lipinski definition) is 3. The molecule has 1 unspecified atom stereocenters. The Hall–Kier alpha value is -3.26. The first-order chi connectivity index (χ1) is 13.9. The Bertz CT molecular complexity index is 1170. The van der Waals surface area contributed by atoms with Crippen molar-refractivity contribution in [3.8, 4) is 5.75 Å². The number of carbonyl (C=O) groups is 1. The second-order valence-corrected chi connectivity index (χ2v) is 7.59. The average molecular weight is 455 g/mol. The van der Waals surface area contributed by atoms with Crippen molar-refractivity contribution in [2.24, 2.45) is 7.05 Å². The van der Waals surface area contributed by atoms with Crippen LogP contribution >= 0.6 is 15.9 Å². The Morgan fingerprint density at radius 1 is 1.28 bits per heavy atom. The topological polar surface area (TPSA) is 88.4 Å². The van der Waals surface area contributed by atoms with Crippen molar-refractivity contribution in [1.82, 2.24) is 14.9 Å². The molecule has 0 amide bonds. The molecule has 3 N–H and O–H groups in total. The van der Waals surface area contributed by atoms with Gasteiger partial charge in [0.25, 0.3) is 5.72 Å². The number of ether oxygens (including phenoxy) is 1. The number of dihydropyridines is 1. The quantitative estimate of drug-likeness (QED) is 0.534. The van der Waals surface area contributed by atoms with Crippen LogP contribution < -0.4 is 15.4 Å². The zero-order valence-electron chi connectivity index (χ0n) is 15.8. The van der Waals surface area contributed by atoms with E-state index in [0.717, 1.165) is 21.2 Å². The summed E-state index contributed by atoms with van der Waals surface area (Å²) in [4.78, 5) is 16.4. The molecular weight excluding hydrogens is 436 g/mol. The van der Waals surface area contributed by atoms with E-state index in [1.165, 1.54) is 12.3 Å². The molecule has 2 heterocycles. The van der Waals surface area contributed by atoms with Gasteiger partial charge in [0.15, 0.2) is 0 Å². The highest BCUT2D eigenvalue weighted by Crippen LogP contribution is 2.28. The number of aliphatic carboxylic acids is 1. The lowest BCUT2D eigenvalue weighted by Crippen LogP contribution is -2.53. The van der Waals surface area contributed by atoms with Gasteiger partial charge in [-0.3, -0.25) is 0 Å². The van der Waals surface area contributed by atoms with Crippen LogP contribution in [0.2, 0.25) is 0 Å². The largest absolute Gasteiger partial charge is 0.477 e. The zero-order valence-corrected chi connectivity index (χ0v) is 17.4. The Balaban J connectivity index is 1.64. The summed E-state index contributed by atoms with van der Waals surface area (Å²) in [5, 5.41) is 15.7. The molecule has 2 aromatic carbocycles. The molecule has 0 spiro atoms. The lowest BCUT2D eigenvalue weighted by molar-refractivity contribution is -0.152. The first-order valence-corrected chi connectivity index (χ1v) is 9.71. The molecule has 0 fully saturated rings. The van der Waals surface area contributed by atoms with Gasteiger partial charge in [-0.05, 0) is 55.0 Å². The molecule has 29 heavy (non-hydrogen) atoms. The van der Waals surface area contributed by atoms with Crippen LogP contribution in [0.15, 0.2) is 65.3 Å². The van der Waals surface area contributed by atoms with Gasteiger partial charge in [-0.1, -0.05) is 22.0 Å². The number of carboxylic acid groups (broad SMARTS) is 1. The van der Waals surface area contributed by atoms with E-state index in [2.05, 4.69) is 31.5 Å². The highest BCUT2D eigenvalue weighted by atomic mass is 79.9. The van der Waals surface area contributed by atoms with Crippen LogP contribution in [-0.4, -0.2) is 26.4 Å². The zero-order chi connectivity index (χ0) is 20.6. The molecule has 0 radical (unpaired) electrons. The van der Waals surface area contributed by atoms with E-state index in [9.17, 15) is 9.90 Å². The fourth-order valence-electron chi connectivity index (χ4n) is 3.10. The van der Waals surface area contributed by atoms with E-state index in [1.807, 2.05) is 42.8 Å². The summed E-state index contributed by atoms with van der Waals surface area (Å²) in [5.41, 5.74) is 1.98. The summed E-state index contributed by atoms with van der Waals surface area (Å²) in [6, 6.07) is 11.3. The Kier molecular flexibility index (Phi) is 4.79. The molecule has 0 bridgehead atoms. The van der Waals surface area contributed by atoms with E-state index in [4.69, 9.17) is 4.74 Å². The molecular formula is C21H19BrN4O3. The standard InChI is InChI=1S/C21H19BrN4O3/c1-13-11-14(5-7-16(13)22)24-20-25-17-12-15(6-8-18(17)26(20)2)29-21(19(27)28)9-3-4-10-23-21/h3-12,23H,1-2H3,(H,24,25)(H,27,28). The van der Waals surface area contributed by atoms with E-state index < -0.39 is 11.7 Å². The summed E-state index contributed by atoms with van der Waals surface area (Å²) in [5.74, 6) is -0.0610. The number of nitrogens with zero attached hydrogens (tertiary/aromatic N) is 2. The summed E-state index contributed by atoms with van der Waals surface area (Å²) in [6.07, 6.45) is 6.33. The second kappa shape index (κ2) is 7.29. The molecule has 0 aliphatic carbocycles. The molecule has 8 heteroatoms. The number of halogens is 1. The van der Waals surface area contributed by atoms with E-state index in [-0.39, 0.29) is 0 Å². The Labute approximate surface area is 175 Å². The van der Waals surface area contributed by atoms with E-state index >= 15 is 0 Å². The number of nitrogens with one attached hydrogen (secondary N) is 2. The van der Waals surface area contributed by atoms with Crippen molar-refractivity contribution < 1.29 is 14.6 Å². The minimum atomic E-state index is -1.65. The number of fused-ring (bicyclic) bond motifs is 1. The number of benzene rings is 2. The smallest absolute Gasteiger partial charge is 0.374 e. The molecule has 1 aromatic heterocycles. The number of aryl methyl sites for hydroxylation is 2. The predicted octanol–water partition coefficient (Wildman–Crippen LogP) is 4.22. The minimum Gasteiger partial charge on any atom is -0.477 e. The number of carboxylic acids is 1. The van der Waals surface area contributed by atoms with E-state index in [0.29, 0.717) is 17.2 Å². The molecule has 1 atom stereocenters.